The lowest BCUT2D eigenvalue weighted by Crippen LogP contribution is -2.33. The highest BCUT2D eigenvalue weighted by Crippen LogP contribution is 2.24. The molecule has 6 heteroatoms. The van der Waals surface area contributed by atoms with Gasteiger partial charge in [0.05, 0.1) is 5.02 Å². The summed E-state index contributed by atoms with van der Waals surface area (Å²) in [6, 6.07) is 11.1. The molecule has 21 heavy (non-hydrogen) atoms. The second kappa shape index (κ2) is 6.28. The Morgan fingerprint density at radius 2 is 1.76 bits per heavy atom. The van der Waals surface area contributed by atoms with Gasteiger partial charge in [0.1, 0.15) is 5.75 Å². The number of aromatic hydroxyl groups is 1. The molecule has 0 fully saturated rings. The van der Waals surface area contributed by atoms with E-state index in [2.05, 4.69) is 5.32 Å². The van der Waals surface area contributed by atoms with Crippen LogP contribution in [0, 0.1) is 0 Å². The number of carboxylic acid groups (broad SMARTS) is 1. The third-order valence-corrected chi connectivity index (χ3v) is 3.17. The van der Waals surface area contributed by atoms with Gasteiger partial charge in [0.25, 0.3) is 5.91 Å². The van der Waals surface area contributed by atoms with E-state index >= 15 is 0 Å². The van der Waals surface area contributed by atoms with Crippen LogP contribution in [0.15, 0.2) is 48.5 Å². The third-order valence-electron chi connectivity index (χ3n) is 2.87. The van der Waals surface area contributed by atoms with Crippen LogP contribution in [-0.2, 0) is 4.79 Å². The Morgan fingerprint density at radius 3 is 2.33 bits per heavy atom. The van der Waals surface area contributed by atoms with Crippen molar-refractivity contribution in [2.24, 2.45) is 0 Å². The van der Waals surface area contributed by atoms with E-state index in [9.17, 15) is 19.8 Å². The Kier molecular flexibility index (Phi) is 4.45. The van der Waals surface area contributed by atoms with Gasteiger partial charge in [-0.05, 0) is 23.8 Å². The largest absolute Gasteiger partial charge is 0.506 e. The summed E-state index contributed by atoms with van der Waals surface area (Å²) in [6.45, 7) is 0. The highest BCUT2D eigenvalue weighted by molar-refractivity contribution is 6.32. The van der Waals surface area contributed by atoms with E-state index in [1.807, 2.05) is 0 Å². The molecule has 1 atom stereocenters. The van der Waals surface area contributed by atoms with E-state index in [1.54, 1.807) is 30.3 Å². The first-order chi connectivity index (χ1) is 9.99. The van der Waals surface area contributed by atoms with Crippen molar-refractivity contribution in [3.8, 4) is 5.75 Å². The quantitative estimate of drug-likeness (QED) is 0.810. The number of amides is 1. The molecule has 1 unspecified atom stereocenters. The van der Waals surface area contributed by atoms with Gasteiger partial charge in [-0.3, -0.25) is 4.79 Å². The maximum absolute atomic E-state index is 12.1. The van der Waals surface area contributed by atoms with Crippen LogP contribution in [-0.4, -0.2) is 22.1 Å². The van der Waals surface area contributed by atoms with Crippen LogP contribution in [0.3, 0.4) is 0 Å². The maximum Gasteiger partial charge on any atom is 0.330 e. The minimum Gasteiger partial charge on any atom is -0.506 e. The molecule has 5 nitrogen and oxygen atoms in total. The fourth-order valence-electron chi connectivity index (χ4n) is 1.80. The first-order valence-corrected chi connectivity index (χ1v) is 6.44. The molecule has 0 radical (unpaired) electrons. The number of hydrogen-bond donors (Lipinski definition) is 3. The van der Waals surface area contributed by atoms with E-state index in [4.69, 9.17) is 11.6 Å². The zero-order valence-corrected chi connectivity index (χ0v) is 11.5. The number of phenols is 1. The molecule has 2 aromatic rings. The summed E-state index contributed by atoms with van der Waals surface area (Å²) in [5.41, 5.74) is 0.628. The first-order valence-electron chi connectivity index (χ1n) is 6.06. The zero-order chi connectivity index (χ0) is 15.4. The van der Waals surface area contributed by atoms with Crippen molar-refractivity contribution in [2.45, 2.75) is 6.04 Å². The Labute approximate surface area is 125 Å². The number of nitrogens with one attached hydrogen (secondary N) is 1. The summed E-state index contributed by atoms with van der Waals surface area (Å²) in [6.07, 6.45) is 0. The number of hydrogen-bond acceptors (Lipinski definition) is 3. The van der Waals surface area contributed by atoms with Gasteiger partial charge in [-0.2, -0.15) is 0 Å². The van der Waals surface area contributed by atoms with Crippen molar-refractivity contribution in [3.05, 3.63) is 64.7 Å². The number of carbonyl (C=O) groups excluding carboxylic acids is 1. The SMILES string of the molecule is O=C(NC(C(=O)O)c1ccccc1)c1ccc(O)c(Cl)c1. The number of aliphatic carboxylic acids is 1. The lowest BCUT2D eigenvalue weighted by molar-refractivity contribution is -0.139. The van der Waals surface area contributed by atoms with E-state index in [0.717, 1.165) is 0 Å². The normalized spacial score (nSPS) is 11.7. The third kappa shape index (κ3) is 3.52. The second-order valence-corrected chi connectivity index (χ2v) is 4.73. The molecule has 0 aliphatic heterocycles. The van der Waals surface area contributed by atoms with Gasteiger partial charge in [-0.15, -0.1) is 0 Å². The van der Waals surface area contributed by atoms with E-state index in [-0.39, 0.29) is 16.3 Å². The average Bonchev–Trinajstić information content (AvgIpc) is 2.48. The summed E-state index contributed by atoms with van der Waals surface area (Å²) < 4.78 is 0. The van der Waals surface area contributed by atoms with Crippen molar-refractivity contribution in [3.63, 3.8) is 0 Å². The number of phenolic OH excluding ortho intramolecular Hbond substituents is 1. The number of halogens is 1. The number of carboxylic acids is 1. The molecule has 0 saturated heterocycles. The molecule has 2 aromatic carbocycles. The van der Waals surface area contributed by atoms with Crippen molar-refractivity contribution in [1.82, 2.24) is 5.32 Å². The summed E-state index contributed by atoms with van der Waals surface area (Å²) in [4.78, 5) is 23.4. The molecule has 0 spiro atoms. The highest BCUT2D eigenvalue weighted by Gasteiger charge is 2.22. The van der Waals surface area contributed by atoms with Crippen molar-refractivity contribution < 1.29 is 19.8 Å². The van der Waals surface area contributed by atoms with Crippen LogP contribution >= 0.6 is 11.6 Å². The van der Waals surface area contributed by atoms with Crippen LogP contribution in [0.5, 0.6) is 5.75 Å². The molecule has 108 valence electrons. The Balaban J connectivity index is 2.23. The minimum atomic E-state index is -1.17. The zero-order valence-electron chi connectivity index (χ0n) is 10.8. The molecule has 0 aliphatic carbocycles. The summed E-state index contributed by atoms with van der Waals surface area (Å²) in [5.74, 6) is -1.90. The highest BCUT2D eigenvalue weighted by atomic mass is 35.5. The van der Waals surface area contributed by atoms with Gasteiger partial charge in [0.15, 0.2) is 6.04 Å². The van der Waals surface area contributed by atoms with Gasteiger partial charge >= 0.3 is 5.97 Å². The number of rotatable bonds is 4. The Morgan fingerprint density at radius 1 is 1.10 bits per heavy atom. The molecular formula is C15H12ClNO4. The topological polar surface area (TPSA) is 86.6 Å². The predicted molar refractivity (Wildman–Crippen MR) is 77.4 cm³/mol. The van der Waals surface area contributed by atoms with Gasteiger partial charge in [0.2, 0.25) is 0 Å². The van der Waals surface area contributed by atoms with Crippen molar-refractivity contribution in [2.75, 3.05) is 0 Å². The lowest BCUT2D eigenvalue weighted by atomic mass is 10.1. The van der Waals surface area contributed by atoms with Crippen molar-refractivity contribution in [1.29, 1.82) is 0 Å². The fraction of sp³-hybridized carbons (Fsp3) is 0.0667. The second-order valence-electron chi connectivity index (χ2n) is 4.32. The summed E-state index contributed by atoms with van der Waals surface area (Å²) in [5, 5.41) is 21.0. The Bertz CT molecular complexity index is 673. The summed E-state index contributed by atoms with van der Waals surface area (Å²) >= 11 is 5.73. The summed E-state index contributed by atoms with van der Waals surface area (Å²) in [7, 11) is 0. The van der Waals surface area contributed by atoms with E-state index < -0.39 is 17.9 Å². The molecule has 0 aromatic heterocycles. The van der Waals surface area contributed by atoms with E-state index in [1.165, 1.54) is 18.2 Å². The molecule has 0 saturated carbocycles. The predicted octanol–water partition coefficient (Wildman–Crippen LogP) is 2.60. The van der Waals surface area contributed by atoms with Crippen LogP contribution in [0.4, 0.5) is 0 Å². The monoisotopic (exact) mass is 305 g/mol. The van der Waals surface area contributed by atoms with Crippen LogP contribution in [0.2, 0.25) is 5.02 Å². The van der Waals surface area contributed by atoms with Crippen LogP contribution in [0.1, 0.15) is 22.0 Å². The average molecular weight is 306 g/mol. The maximum atomic E-state index is 12.1. The molecule has 0 heterocycles. The first kappa shape index (κ1) is 14.9. The smallest absolute Gasteiger partial charge is 0.330 e. The van der Waals surface area contributed by atoms with Crippen LogP contribution in [0.25, 0.3) is 0 Å². The molecule has 2 rings (SSSR count). The standard InChI is InChI=1S/C15H12ClNO4/c16-11-8-10(6-7-12(11)18)14(19)17-13(15(20)21)9-4-2-1-3-5-9/h1-8,13,18H,(H,17,19)(H,20,21). The van der Waals surface area contributed by atoms with Gasteiger partial charge < -0.3 is 15.5 Å². The van der Waals surface area contributed by atoms with Gasteiger partial charge in [0, 0.05) is 5.56 Å². The van der Waals surface area contributed by atoms with Crippen molar-refractivity contribution >= 4 is 23.5 Å². The van der Waals surface area contributed by atoms with Crippen LogP contribution < -0.4 is 5.32 Å². The fourth-order valence-corrected chi connectivity index (χ4v) is 1.98. The lowest BCUT2D eigenvalue weighted by Gasteiger charge is -2.15. The molecular weight excluding hydrogens is 294 g/mol. The Hall–Kier alpha value is -2.53. The molecule has 3 N–H and O–H groups in total. The molecule has 0 aliphatic rings. The van der Waals surface area contributed by atoms with Gasteiger partial charge in [-0.25, -0.2) is 4.79 Å². The number of carbonyl (C=O) groups is 2. The molecule has 0 bridgehead atoms. The molecule has 1 amide bonds. The van der Waals surface area contributed by atoms with E-state index in [0.29, 0.717) is 5.56 Å². The minimum absolute atomic E-state index is 0.0224. The van der Waals surface area contributed by atoms with Gasteiger partial charge in [-0.1, -0.05) is 41.9 Å². The number of benzene rings is 2.